The number of benzene rings is 1. The molecule has 2 aromatic rings. The lowest BCUT2D eigenvalue weighted by atomic mass is 10.2. The first-order valence-electron chi connectivity index (χ1n) is 6.97. The zero-order valence-electron chi connectivity index (χ0n) is 11.8. The number of nitrogens with zero attached hydrogens (tertiary/aromatic N) is 1. The van der Waals surface area contributed by atoms with Crippen LogP contribution in [0.1, 0.15) is 32.6 Å². The van der Waals surface area contributed by atoms with E-state index in [1.54, 1.807) is 7.11 Å². The second-order valence-corrected chi connectivity index (χ2v) is 5.71. The first kappa shape index (κ1) is 14.2. The molecule has 1 aromatic carbocycles. The van der Waals surface area contributed by atoms with Gasteiger partial charge in [0.25, 0.3) is 0 Å². The lowest BCUT2D eigenvalue weighted by Crippen LogP contribution is -2.25. The zero-order valence-corrected chi connectivity index (χ0v) is 12.6. The van der Waals surface area contributed by atoms with Gasteiger partial charge in [0.15, 0.2) is 18.1 Å². The minimum Gasteiger partial charge on any atom is -0.497 e. The van der Waals surface area contributed by atoms with Crippen molar-refractivity contribution in [3.8, 4) is 5.75 Å². The monoisotopic (exact) mass is 276 g/mol. The summed E-state index contributed by atoms with van der Waals surface area (Å²) in [6, 6.07) is 10.5. The van der Waals surface area contributed by atoms with Gasteiger partial charge in [-0.25, -0.2) is 0 Å². The third kappa shape index (κ3) is 3.87. The topological polar surface area (TPSA) is 13.1 Å². The van der Waals surface area contributed by atoms with Crippen LogP contribution in [-0.4, -0.2) is 12.9 Å². The Morgan fingerprint density at radius 1 is 1.16 bits per heavy atom. The van der Waals surface area contributed by atoms with Crippen molar-refractivity contribution in [3.05, 3.63) is 36.5 Å². The van der Waals surface area contributed by atoms with Crippen LogP contribution in [0.5, 0.6) is 5.75 Å². The third-order valence-corrected chi connectivity index (χ3v) is 4.27. The molecule has 0 radical (unpaired) electrons. The van der Waals surface area contributed by atoms with Gasteiger partial charge in [-0.2, -0.15) is 0 Å². The van der Waals surface area contributed by atoms with Crippen molar-refractivity contribution in [2.45, 2.75) is 32.6 Å². The predicted octanol–water partition coefficient (Wildman–Crippen LogP) is 4.21. The van der Waals surface area contributed by atoms with Crippen LogP contribution in [0.4, 0.5) is 0 Å². The summed E-state index contributed by atoms with van der Waals surface area (Å²) >= 11 is 1.89. The Balaban J connectivity index is 2.06. The summed E-state index contributed by atoms with van der Waals surface area (Å²) in [6.07, 6.45) is 7.41. The Hall–Kier alpha value is -1.22. The van der Waals surface area contributed by atoms with Crippen LogP contribution in [0.2, 0.25) is 0 Å². The van der Waals surface area contributed by atoms with E-state index in [1.807, 2.05) is 18.0 Å². The summed E-state index contributed by atoms with van der Waals surface area (Å²) in [7, 11) is 1.71. The highest BCUT2D eigenvalue weighted by Gasteiger charge is 2.10. The first-order chi connectivity index (χ1) is 9.35. The van der Waals surface area contributed by atoms with Gasteiger partial charge in [-0.05, 0) is 24.6 Å². The highest BCUT2D eigenvalue weighted by Crippen LogP contribution is 2.19. The van der Waals surface area contributed by atoms with Gasteiger partial charge in [0, 0.05) is 12.1 Å². The molecule has 102 valence electrons. The van der Waals surface area contributed by atoms with Crippen molar-refractivity contribution in [1.29, 1.82) is 0 Å². The average molecular weight is 276 g/mol. The molecule has 0 amide bonds. The molecule has 0 aliphatic carbocycles. The number of ether oxygens (including phenoxy) is 1. The van der Waals surface area contributed by atoms with E-state index < -0.39 is 0 Å². The molecule has 0 N–H and O–H groups in total. The van der Waals surface area contributed by atoms with Gasteiger partial charge in [0.05, 0.1) is 18.2 Å². The van der Waals surface area contributed by atoms with E-state index in [0.717, 1.165) is 5.75 Å². The van der Waals surface area contributed by atoms with Gasteiger partial charge in [-0.15, -0.1) is 3.97 Å². The second-order valence-electron chi connectivity index (χ2n) is 4.65. The van der Waals surface area contributed by atoms with Crippen molar-refractivity contribution in [3.63, 3.8) is 0 Å². The standard InChI is InChI=1S/C16H22NOS/c1-3-4-5-6-12-19-17-11-7-8-14-13-15(18-2)9-10-16(14)17/h7-11,13H,3-6,12H2,1-2H3/q+1. The van der Waals surface area contributed by atoms with Gasteiger partial charge in [0.1, 0.15) is 5.75 Å². The Labute approximate surface area is 119 Å². The molecular formula is C16H22NOS+. The van der Waals surface area contributed by atoms with Crippen LogP contribution in [0, 0.1) is 0 Å². The lowest BCUT2D eigenvalue weighted by Gasteiger charge is -2.02. The van der Waals surface area contributed by atoms with E-state index >= 15 is 0 Å². The third-order valence-electron chi connectivity index (χ3n) is 3.20. The molecule has 0 saturated carbocycles. The molecule has 0 atom stereocenters. The molecule has 0 aliphatic rings. The number of hydrogen-bond donors (Lipinski definition) is 0. The van der Waals surface area contributed by atoms with E-state index in [1.165, 1.54) is 42.3 Å². The summed E-state index contributed by atoms with van der Waals surface area (Å²) in [5.74, 6) is 2.09. The Kier molecular flexibility index (Phi) is 5.52. The Morgan fingerprint density at radius 3 is 2.84 bits per heavy atom. The van der Waals surface area contributed by atoms with Crippen molar-refractivity contribution < 1.29 is 8.71 Å². The van der Waals surface area contributed by atoms with Crippen LogP contribution in [-0.2, 0) is 0 Å². The number of aromatic nitrogens is 1. The van der Waals surface area contributed by atoms with Crippen LogP contribution in [0.3, 0.4) is 0 Å². The molecule has 1 aromatic heterocycles. The van der Waals surface area contributed by atoms with Crippen molar-refractivity contribution in [1.82, 2.24) is 0 Å². The van der Waals surface area contributed by atoms with Gasteiger partial charge in [0.2, 0.25) is 5.52 Å². The molecule has 0 bridgehead atoms. The van der Waals surface area contributed by atoms with Crippen LogP contribution >= 0.6 is 11.9 Å². The molecule has 0 saturated heterocycles. The van der Waals surface area contributed by atoms with E-state index in [-0.39, 0.29) is 0 Å². The number of unbranched alkanes of at least 4 members (excludes halogenated alkanes) is 3. The fraction of sp³-hybridized carbons (Fsp3) is 0.438. The van der Waals surface area contributed by atoms with E-state index in [4.69, 9.17) is 4.74 Å². The fourth-order valence-corrected chi connectivity index (χ4v) is 3.09. The zero-order chi connectivity index (χ0) is 13.5. The number of methoxy groups -OCH3 is 1. The normalized spacial score (nSPS) is 10.8. The van der Waals surface area contributed by atoms with Crippen LogP contribution in [0.25, 0.3) is 10.9 Å². The molecule has 1 heterocycles. The maximum Gasteiger partial charge on any atom is 0.226 e. The number of rotatable bonds is 7. The van der Waals surface area contributed by atoms with E-state index in [9.17, 15) is 0 Å². The molecule has 3 heteroatoms. The van der Waals surface area contributed by atoms with Crippen LogP contribution < -0.4 is 8.71 Å². The molecule has 0 aliphatic heterocycles. The minimum atomic E-state index is 0.915. The smallest absolute Gasteiger partial charge is 0.226 e. The highest BCUT2D eigenvalue weighted by atomic mass is 32.2. The summed E-state index contributed by atoms with van der Waals surface area (Å²) in [6.45, 7) is 2.25. The lowest BCUT2D eigenvalue weighted by molar-refractivity contribution is -0.463. The Morgan fingerprint density at radius 2 is 2.05 bits per heavy atom. The molecular weight excluding hydrogens is 254 g/mol. The summed E-state index contributed by atoms with van der Waals surface area (Å²) in [4.78, 5) is 0. The maximum absolute atomic E-state index is 5.27. The SMILES string of the molecule is CCCCCCS[n+]1cccc2cc(OC)ccc21. The number of fused-ring (bicyclic) bond motifs is 1. The number of pyridine rings is 1. The van der Waals surface area contributed by atoms with Gasteiger partial charge < -0.3 is 4.74 Å². The Bertz CT molecular complexity index is 527. The highest BCUT2D eigenvalue weighted by molar-refractivity contribution is 7.92. The average Bonchev–Trinajstić information content (AvgIpc) is 2.46. The molecule has 2 nitrogen and oxygen atoms in total. The van der Waals surface area contributed by atoms with E-state index in [2.05, 4.69) is 41.4 Å². The van der Waals surface area contributed by atoms with E-state index in [0.29, 0.717) is 0 Å². The molecule has 0 spiro atoms. The predicted molar refractivity (Wildman–Crippen MR) is 82.7 cm³/mol. The maximum atomic E-state index is 5.27. The number of hydrogen-bond acceptors (Lipinski definition) is 2. The summed E-state index contributed by atoms with van der Waals surface area (Å²) in [5.41, 5.74) is 1.25. The first-order valence-corrected chi connectivity index (χ1v) is 7.91. The fourth-order valence-electron chi connectivity index (χ4n) is 2.10. The van der Waals surface area contributed by atoms with Gasteiger partial charge in [-0.1, -0.05) is 26.2 Å². The van der Waals surface area contributed by atoms with Gasteiger partial charge >= 0.3 is 0 Å². The van der Waals surface area contributed by atoms with Crippen molar-refractivity contribution in [2.24, 2.45) is 0 Å². The van der Waals surface area contributed by atoms with Crippen LogP contribution in [0.15, 0.2) is 36.5 Å². The molecule has 2 rings (SSSR count). The molecule has 0 fully saturated rings. The quantitative estimate of drug-likeness (QED) is 0.555. The van der Waals surface area contributed by atoms with Crippen molar-refractivity contribution in [2.75, 3.05) is 12.9 Å². The van der Waals surface area contributed by atoms with Gasteiger partial charge in [-0.3, -0.25) is 0 Å². The molecule has 0 unspecified atom stereocenters. The molecule has 19 heavy (non-hydrogen) atoms. The van der Waals surface area contributed by atoms with Crippen molar-refractivity contribution >= 4 is 22.9 Å². The largest absolute Gasteiger partial charge is 0.497 e. The summed E-state index contributed by atoms with van der Waals surface area (Å²) < 4.78 is 7.54. The summed E-state index contributed by atoms with van der Waals surface area (Å²) in [5, 5.41) is 1.22. The minimum absolute atomic E-state index is 0.915. The second kappa shape index (κ2) is 7.39.